The Morgan fingerprint density at radius 3 is 2.60 bits per heavy atom. The van der Waals surface area contributed by atoms with Crippen LogP contribution in [0.5, 0.6) is 5.75 Å². The van der Waals surface area contributed by atoms with Crippen LogP contribution in [0, 0.1) is 0 Å². The van der Waals surface area contributed by atoms with Crippen LogP contribution in [-0.2, 0) is 15.7 Å². The van der Waals surface area contributed by atoms with Gasteiger partial charge in [-0.15, -0.1) is 0 Å². The summed E-state index contributed by atoms with van der Waals surface area (Å²) in [5.41, 5.74) is 0.392. The molecule has 0 radical (unpaired) electrons. The number of fused-ring (bicyclic) bond motifs is 1. The summed E-state index contributed by atoms with van der Waals surface area (Å²) in [6, 6.07) is 18.8. The van der Waals surface area contributed by atoms with Crippen molar-refractivity contribution in [1.29, 1.82) is 0 Å². The predicted octanol–water partition coefficient (Wildman–Crippen LogP) is 6.03. The lowest BCUT2D eigenvalue weighted by molar-refractivity contribution is -0.141. The largest absolute Gasteiger partial charge is 0.497 e. The fourth-order valence-electron chi connectivity index (χ4n) is 4.98. The average molecular weight is 679 g/mol. The number of ether oxygens (including phenoxy) is 2. The minimum atomic E-state index is -4.68. The van der Waals surface area contributed by atoms with Gasteiger partial charge in [-0.2, -0.15) is 13.2 Å². The SMILES string of the molecule is CCOC(=O)C1=C(C)N=c2s/c(=C/c3ccc(Sc4nc(-c5ccccc5)cc(C(F)(F)F)n4)o3)c(=O)n2[C@@H]1c1cccc(OC)c1. The third kappa shape index (κ3) is 6.65. The fourth-order valence-corrected chi connectivity index (χ4v) is 6.75. The highest BCUT2D eigenvalue weighted by Gasteiger charge is 2.35. The Labute approximate surface area is 273 Å². The van der Waals surface area contributed by atoms with Crippen molar-refractivity contribution >= 4 is 35.1 Å². The molecule has 9 nitrogen and oxygen atoms in total. The van der Waals surface area contributed by atoms with Crippen LogP contribution in [0.25, 0.3) is 17.3 Å². The molecule has 0 saturated heterocycles. The van der Waals surface area contributed by atoms with Gasteiger partial charge in [0.25, 0.3) is 5.56 Å². The number of carbonyl (C=O) groups excluding carboxylic acids is 1. The molecule has 0 amide bonds. The predicted molar refractivity (Wildman–Crippen MR) is 169 cm³/mol. The molecule has 14 heteroatoms. The summed E-state index contributed by atoms with van der Waals surface area (Å²) in [5, 5.41) is 0.0660. The van der Waals surface area contributed by atoms with Gasteiger partial charge in [-0.1, -0.05) is 53.8 Å². The zero-order valence-corrected chi connectivity index (χ0v) is 26.7. The lowest BCUT2D eigenvalue weighted by Crippen LogP contribution is -2.39. The van der Waals surface area contributed by atoms with Crippen LogP contribution in [0.4, 0.5) is 13.2 Å². The Kier molecular flexibility index (Phi) is 8.88. The first-order valence-electron chi connectivity index (χ1n) is 14.2. The van der Waals surface area contributed by atoms with Crippen molar-refractivity contribution < 1.29 is 31.9 Å². The summed E-state index contributed by atoms with van der Waals surface area (Å²) >= 11 is 1.93. The molecule has 0 saturated carbocycles. The maximum Gasteiger partial charge on any atom is 0.433 e. The molecule has 0 fully saturated rings. The van der Waals surface area contributed by atoms with E-state index >= 15 is 0 Å². The Balaban J connectivity index is 1.38. The zero-order valence-electron chi connectivity index (χ0n) is 25.1. The van der Waals surface area contributed by atoms with Crippen LogP contribution in [0.3, 0.4) is 0 Å². The smallest absolute Gasteiger partial charge is 0.433 e. The molecule has 0 aliphatic carbocycles. The van der Waals surface area contributed by atoms with E-state index in [1.807, 2.05) is 0 Å². The van der Waals surface area contributed by atoms with Crippen LogP contribution in [0.15, 0.2) is 109 Å². The van der Waals surface area contributed by atoms with Gasteiger partial charge in [-0.05, 0) is 61.5 Å². The van der Waals surface area contributed by atoms with E-state index in [0.717, 1.165) is 29.2 Å². The average Bonchev–Trinajstić information content (AvgIpc) is 3.62. The van der Waals surface area contributed by atoms with Crippen LogP contribution in [0.1, 0.15) is 36.9 Å². The molecule has 3 aromatic heterocycles. The number of aromatic nitrogens is 3. The van der Waals surface area contributed by atoms with Gasteiger partial charge < -0.3 is 13.9 Å². The van der Waals surface area contributed by atoms with Gasteiger partial charge in [0.1, 0.15) is 17.2 Å². The van der Waals surface area contributed by atoms with Gasteiger partial charge in [-0.25, -0.2) is 19.8 Å². The highest BCUT2D eigenvalue weighted by Crippen LogP contribution is 2.35. The molecule has 5 aromatic rings. The number of alkyl halides is 3. The molecule has 1 aliphatic heterocycles. The Hall–Kier alpha value is -4.95. The van der Waals surface area contributed by atoms with E-state index < -0.39 is 29.4 Å². The Morgan fingerprint density at radius 1 is 1.09 bits per heavy atom. The molecule has 1 atom stereocenters. The number of carbonyl (C=O) groups is 1. The Morgan fingerprint density at radius 2 is 1.87 bits per heavy atom. The summed E-state index contributed by atoms with van der Waals surface area (Å²) in [6.07, 6.45) is -3.17. The third-order valence-corrected chi connectivity index (χ3v) is 8.83. The highest BCUT2D eigenvalue weighted by molar-refractivity contribution is 7.99. The van der Waals surface area contributed by atoms with Crippen molar-refractivity contribution in [3.8, 4) is 17.0 Å². The minimum Gasteiger partial charge on any atom is -0.497 e. The summed E-state index contributed by atoms with van der Waals surface area (Å²) in [6.45, 7) is 3.52. The van der Waals surface area contributed by atoms with E-state index in [-0.39, 0.29) is 38.4 Å². The summed E-state index contributed by atoms with van der Waals surface area (Å²) in [7, 11) is 1.52. The van der Waals surface area contributed by atoms with E-state index in [1.165, 1.54) is 17.8 Å². The van der Waals surface area contributed by atoms with Crippen molar-refractivity contribution in [3.05, 3.63) is 121 Å². The van der Waals surface area contributed by atoms with Crippen LogP contribution < -0.4 is 19.6 Å². The molecule has 2 aromatic carbocycles. The molecule has 6 rings (SSSR count). The maximum atomic E-state index is 13.9. The van der Waals surface area contributed by atoms with E-state index in [1.54, 1.807) is 80.6 Å². The summed E-state index contributed by atoms with van der Waals surface area (Å²) in [4.78, 5) is 40.0. The van der Waals surface area contributed by atoms with Gasteiger partial charge in [0.2, 0.25) is 0 Å². The number of rotatable bonds is 8. The number of halogens is 3. The highest BCUT2D eigenvalue weighted by atomic mass is 32.2. The second-order valence-corrected chi connectivity index (χ2v) is 12.1. The number of methoxy groups -OCH3 is 1. The molecule has 240 valence electrons. The van der Waals surface area contributed by atoms with Crippen LogP contribution in [0.2, 0.25) is 0 Å². The number of hydrogen-bond acceptors (Lipinski definition) is 10. The van der Waals surface area contributed by atoms with Gasteiger partial charge in [0, 0.05) is 11.6 Å². The first-order valence-corrected chi connectivity index (χ1v) is 15.8. The van der Waals surface area contributed by atoms with Crippen molar-refractivity contribution in [2.45, 2.75) is 36.3 Å². The van der Waals surface area contributed by atoms with Crippen molar-refractivity contribution in [3.63, 3.8) is 0 Å². The number of furan rings is 1. The topological polar surface area (TPSA) is 109 Å². The van der Waals surface area contributed by atoms with E-state index in [2.05, 4.69) is 15.0 Å². The summed E-state index contributed by atoms with van der Waals surface area (Å²) in [5.74, 6) is 0.229. The maximum absolute atomic E-state index is 13.9. The molecular weight excluding hydrogens is 654 g/mol. The second-order valence-electron chi connectivity index (χ2n) is 10.1. The number of hydrogen-bond donors (Lipinski definition) is 0. The molecule has 0 spiro atoms. The number of allylic oxidation sites excluding steroid dienone is 1. The van der Waals surface area contributed by atoms with Crippen molar-refractivity contribution in [2.24, 2.45) is 4.99 Å². The molecule has 4 heterocycles. The number of thiazole rings is 1. The molecule has 1 aliphatic rings. The number of benzene rings is 2. The monoisotopic (exact) mass is 678 g/mol. The van der Waals surface area contributed by atoms with Gasteiger partial charge in [0.05, 0.1) is 41.3 Å². The first kappa shape index (κ1) is 32.0. The first-order chi connectivity index (χ1) is 22.5. The standard InChI is InChI=1S/C33H25F3N4O5S2/c1-4-44-30(42)27-18(2)37-32-40(28(27)20-11-8-12-21(15-20)43-3)29(41)24(46-32)16-22-13-14-26(45-22)47-31-38-23(19-9-6-5-7-10-19)17-25(39-31)33(34,35)36/h5-17,28H,4H2,1-3H3/b24-16+/t28-/m1/s1. The summed E-state index contributed by atoms with van der Waals surface area (Å²) < 4.78 is 59.4. The molecule has 0 bridgehead atoms. The van der Waals surface area contributed by atoms with Gasteiger partial charge >= 0.3 is 12.1 Å². The normalized spacial score (nSPS) is 14.9. The quantitative estimate of drug-likeness (QED) is 0.145. The molecule has 0 unspecified atom stereocenters. The number of nitrogens with zero attached hydrogens (tertiary/aromatic N) is 4. The van der Waals surface area contributed by atoms with Crippen molar-refractivity contribution in [1.82, 2.24) is 14.5 Å². The van der Waals surface area contributed by atoms with Crippen molar-refractivity contribution in [2.75, 3.05) is 13.7 Å². The van der Waals surface area contributed by atoms with E-state index in [9.17, 15) is 22.8 Å². The lowest BCUT2D eigenvalue weighted by atomic mass is 9.95. The number of esters is 1. The van der Waals surface area contributed by atoms with Gasteiger partial charge in [0.15, 0.2) is 15.1 Å². The van der Waals surface area contributed by atoms with E-state index in [0.29, 0.717) is 27.4 Å². The van der Waals surface area contributed by atoms with Crippen LogP contribution in [-0.4, -0.2) is 34.2 Å². The van der Waals surface area contributed by atoms with E-state index in [4.69, 9.17) is 13.9 Å². The fraction of sp³-hybridized carbons (Fsp3) is 0.182. The lowest BCUT2D eigenvalue weighted by Gasteiger charge is -2.24. The minimum absolute atomic E-state index is 0.117. The molecular formula is C33H25F3N4O5S2. The van der Waals surface area contributed by atoms with Gasteiger partial charge in [-0.3, -0.25) is 9.36 Å². The second kappa shape index (κ2) is 13.0. The Bertz CT molecular complexity index is 2190. The van der Waals surface area contributed by atoms with Crippen LogP contribution >= 0.6 is 23.1 Å². The molecule has 0 N–H and O–H groups in total. The zero-order chi connectivity index (χ0) is 33.3. The molecule has 47 heavy (non-hydrogen) atoms. The third-order valence-electron chi connectivity index (χ3n) is 7.06.